The molecule has 4 nitrogen and oxygen atoms in total. The average molecular weight is 343 g/mol. The number of hydrogen-bond donors (Lipinski definition) is 0. The molecule has 1 aromatic carbocycles. The van der Waals surface area contributed by atoms with Crippen LogP contribution >= 0.6 is 15.9 Å². The zero-order valence-corrected chi connectivity index (χ0v) is 13.7. The predicted octanol–water partition coefficient (Wildman–Crippen LogP) is 3.82. The molecular formula is C15H19BrO4. The predicted molar refractivity (Wildman–Crippen MR) is 82.1 cm³/mol. The van der Waals surface area contributed by atoms with Gasteiger partial charge in [-0.1, -0.05) is 0 Å². The molecule has 0 unspecified atom stereocenters. The second-order valence-corrected chi connectivity index (χ2v) is 4.87. The van der Waals surface area contributed by atoms with E-state index >= 15 is 0 Å². The lowest BCUT2D eigenvalue weighted by Gasteiger charge is -2.12. The first-order chi connectivity index (χ1) is 9.53. The number of carbonyl (C=O) groups is 1. The fourth-order valence-electron chi connectivity index (χ4n) is 1.66. The van der Waals surface area contributed by atoms with Crippen LogP contribution in [0, 0.1) is 0 Å². The second-order valence-electron chi connectivity index (χ2n) is 4.01. The monoisotopic (exact) mass is 342 g/mol. The molecule has 0 N–H and O–H groups in total. The van der Waals surface area contributed by atoms with Gasteiger partial charge in [-0.05, 0) is 60.5 Å². The van der Waals surface area contributed by atoms with Crippen molar-refractivity contribution in [2.45, 2.75) is 20.8 Å². The Morgan fingerprint density at radius 2 is 2.00 bits per heavy atom. The van der Waals surface area contributed by atoms with Gasteiger partial charge < -0.3 is 14.2 Å². The lowest BCUT2D eigenvalue weighted by Crippen LogP contribution is -2.04. The van der Waals surface area contributed by atoms with Crippen molar-refractivity contribution in [1.82, 2.24) is 0 Å². The maximum atomic E-state index is 11.6. The molecule has 0 heterocycles. The second kappa shape index (κ2) is 7.94. The van der Waals surface area contributed by atoms with Crippen LogP contribution in [0.4, 0.5) is 0 Å². The van der Waals surface area contributed by atoms with Gasteiger partial charge in [-0.2, -0.15) is 0 Å². The quantitative estimate of drug-likeness (QED) is 0.582. The molecule has 0 spiro atoms. The number of methoxy groups -OCH3 is 1. The molecular weight excluding hydrogens is 324 g/mol. The summed E-state index contributed by atoms with van der Waals surface area (Å²) in [5, 5.41) is 0. The average Bonchev–Trinajstić information content (AvgIpc) is 2.41. The first kappa shape index (κ1) is 16.6. The smallest absolute Gasteiger partial charge is 0.333 e. The minimum Gasteiger partial charge on any atom is -0.493 e. The van der Waals surface area contributed by atoms with Crippen molar-refractivity contribution < 1.29 is 19.0 Å². The van der Waals surface area contributed by atoms with Crippen LogP contribution in [0.5, 0.6) is 11.5 Å². The van der Waals surface area contributed by atoms with Crippen molar-refractivity contribution in [3.05, 3.63) is 27.7 Å². The van der Waals surface area contributed by atoms with Gasteiger partial charge in [0.1, 0.15) is 0 Å². The van der Waals surface area contributed by atoms with E-state index in [2.05, 4.69) is 15.9 Å². The molecule has 0 radical (unpaired) electrons. The Bertz CT molecular complexity index is 509. The van der Waals surface area contributed by atoms with E-state index in [4.69, 9.17) is 14.2 Å². The van der Waals surface area contributed by atoms with Gasteiger partial charge in [0, 0.05) is 5.57 Å². The van der Waals surface area contributed by atoms with Gasteiger partial charge in [-0.3, -0.25) is 0 Å². The summed E-state index contributed by atoms with van der Waals surface area (Å²) in [6.45, 7) is 6.31. The van der Waals surface area contributed by atoms with Crippen LogP contribution in [-0.4, -0.2) is 26.3 Å². The Hall–Kier alpha value is -1.49. The Labute approximate surface area is 127 Å². The van der Waals surface area contributed by atoms with E-state index in [0.29, 0.717) is 30.3 Å². The molecule has 20 heavy (non-hydrogen) atoms. The number of rotatable bonds is 6. The third-order valence-corrected chi connectivity index (χ3v) is 3.11. The Morgan fingerprint density at radius 3 is 2.55 bits per heavy atom. The van der Waals surface area contributed by atoms with Crippen LogP contribution < -0.4 is 9.47 Å². The molecule has 0 aliphatic carbocycles. The SMILES string of the molecule is CCOC(=O)/C(C)=C/c1cc(Br)c(OCC)c(OC)c1. The number of hydrogen-bond acceptors (Lipinski definition) is 4. The number of esters is 1. The molecule has 5 heteroatoms. The van der Waals surface area contributed by atoms with Crippen LogP contribution in [0.3, 0.4) is 0 Å². The summed E-state index contributed by atoms with van der Waals surface area (Å²) >= 11 is 3.45. The number of ether oxygens (including phenoxy) is 3. The third-order valence-electron chi connectivity index (χ3n) is 2.52. The van der Waals surface area contributed by atoms with Gasteiger partial charge in [-0.15, -0.1) is 0 Å². The zero-order valence-electron chi connectivity index (χ0n) is 12.2. The van der Waals surface area contributed by atoms with Gasteiger partial charge in [0.2, 0.25) is 0 Å². The first-order valence-electron chi connectivity index (χ1n) is 6.39. The highest BCUT2D eigenvalue weighted by molar-refractivity contribution is 9.10. The summed E-state index contributed by atoms with van der Waals surface area (Å²) in [5.74, 6) is 0.946. The third kappa shape index (κ3) is 4.27. The number of halogens is 1. The normalized spacial score (nSPS) is 11.2. The van der Waals surface area contributed by atoms with Crippen LogP contribution in [0.15, 0.2) is 22.2 Å². The van der Waals surface area contributed by atoms with Crippen molar-refractivity contribution in [1.29, 1.82) is 0 Å². The Kier molecular flexibility index (Phi) is 6.58. The highest BCUT2D eigenvalue weighted by atomic mass is 79.9. The van der Waals surface area contributed by atoms with Crippen molar-refractivity contribution in [3.63, 3.8) is 0 Å². The Balaban J connectivity index is 3.11. The largest absolute Gasteiger partial charge is 0.493 e. The van der Waals surface area contributed by atoms with E-state index in [1.165, 1.54) is 0 Å². The molecule has 1 rings (SSSR count). The van der Waals surface area contributed by atoms with Crippen molar-refractivity contribution in [3.8, 4) is 11.5 Å². The van der Waals surface area contributed by atoms with E-state index in [1.54, 1.807) is 27.0 Å². The molecule has 0 saturated heterocycles. The molecule has 0 aliphatic rings. The summed E-state index contributed by atoms with van der Waals surface area (Å²) in [7, 11) is 1.58. The van der Waals surface area contributed by atoms with Crippen molar-refractivity contribution in [2.24, 2.45) is 0 Å². The molecule has 0 saturated carbocycles. The summed E-state index contributed by atoms with van der Waals surface area (Å²) in [4.78, 5) is 11.6. The van der Waals surface area contributed by atoms with Gasteiger partial charge >= 0.3 is 5.97 Å². The van der Waals surface area contributed by atoms with Crippen LogP contribution in [0.25, 0.3) is 6.08 Å². The van der Waals surface area contributed by atoms with Gasteiger partial charge in [0.25, 0.3) is 0 Å². The zero-order chi connectivity index (χ0) is 15.1. The van der Waals surface area contributed by atoms with Crippen LogP contribution in [-0.2, 0) is 9.53 Å². The molecule has 0 bridgehead atoms. The van der Waals surface area contributed by atoms with Gasteiger partial charge in [0.15, 0.2) is 11.5 Å². The molecule has 1 aromatic rings. The van der Waals surface area contributed by atoms with E-state index in [-0.39, 0.29) is 5.97 Å². The molecule has 110 valence electrons. The van der Waals surface area contributed by atoms with E-state index < -0.39 is 0 Å². The van der Waals surface area contributed by atoms with Crippen molar-refractivity contribution >= 4 is 28.0 Å². The van der Waals surface area contributed by atoms with Crippen molar-refractivity contribution in [2.75, 3.05) is 20.3 Å². The van der Waals surface area contributed by atoms with Crippen LogP contribution in [0.1, 0.15) is 26.3 Å². The molecule has 0 amide bonds. The molecule has 0 fully saturated rings. The lowest BCUT2D eigenvalue weighted by atomic mass is 10.1. The van der Waals surface area contributed by atoms with E-state index in [1.807, 2.05) is 19.1 Å². The number of benzene rings is 1. The summed E-state index contributed by atoms with van der Waals surface area (Å²) < 4.78 is 16.6. The van der Waals surface area contributed by atoms with E-state index in [9.17, 15) is 4.79 Å². The summed E-state index contributed by atoms with van der Waals surface area (Å²) in [6.07, 6.45) is 1.75. The Morgan fingerprint density at radius 1 is 1.30 bits per heavy atom. The fourth-order valence-corrected chi connectivity index (χ4v) is 2.24. The number of carbonyl (C=O) groups excluding carboxylic acids is 1. The fraction of sp³-hybridized carbons (Fsp3) is 0.400. The first-order valence-corrected chi connectivity index (χ1v) is 7.18. The molecule has 0 atom stereocenters. The van der Waals surface area contributed by atoms with Crippen LogP contribution in [0.2, 0.25) is 0 Å². The summed E-state index contributed by atoms with van der Waals surface area (Å²) in [6, 6.07) is 3.69. The maximum absolute atomic E-state index is 11.6. The minimum absolute atomic E-state index is 0.323. The highest BCUT2D eigenvalue weighted by Crippen LogP contribution is 2.37. The molecule has 0 aliphatic heterocycles. The van der Waals surface area contributed by atoms with E-state index in [0.717, 1.165) is 10.0 Å². The molecule has 0 aromatic heterocycles. The topological polar surface area (TPSA) is 44.8 Å². The van der Waals surface area contributed by atoms with Gasteiger partial charge in [-0.25, -0.2) is 4.79 Å². The maximum Gasteiger partial charge on any atom is 0.333 e. The minimum atomic E-state index is -0.323. The lowest BCUT2D eigenvalue weighted by molar-refractivity contribution is -0.138. The summed E-state index contributed by atoms with van der Waals surface area (Å²) in [5.41, 5.74) is 1.37. The standard InChI is InChI=1S/C15H19BrO4/c1-5-19-14-12(16)8-11(9-13(14)18-4)7-10(3)15(17)20-6-2/h7-9H,5-6H2,1-4H3/b10-7+. The highest BCUT2D eigenvalue weighted by Gasteiger charge is 2.11. The van der Waals surface area contributed by atoms with Gasteiger partial charge in [0.05, 0.1) is 24.8 Å².